The summed E-state index contributed by atoms with van der Waals surface area (Å²) in [6.45, 7) is 2.20. The van der Waals surface area contributed by atoms with E-state index >= 15 is 0 Å². The van der Waals surface area contributed by atoms with Crippen LogP contribution in [0.1, 0.15) is 45.1 Å². The van der Waals surface area contributed by atoms with E-state index in [4.69, 9.17) is 16.0 Å². The molecule has 0 aliphatic heterocycles. The van der Waals surface area contributed by atoms with Crippen molar-refractivity contribution in [2.45, 2.75) is 26.3 Å². The average molecular weight is 393 g/mol. The van der Waals surface area contributed by atoms with Gasteiger partial charge in [0.05, 0.1) is 13.7 Å². The van der Waals surface area contributed by atoms with Crippen molar-refractivity contribution in [3.8, 4) is 0 Å². The van der Waals surface area contributed by atoms with Crippen molar-refractivity contribution >= 4 is 29.4 Å². The van der Waals surface area contributed by atoms with E-state index in [0.717, 1.165) is 0 Å². The maximum Gasteiger partial charge on any atom is 0.341 e. The first-order valence-electron chi connectivity index (χ1n) is 8.38. The van der Waals surface area contributed by atoms with E-state index in [1.165, 1.54) is 7.11 Å². The van der Waals surface area contributed by atoms with Crippen LogP contribution < -0.4 is 10.6 Å². The molecular formula is C19H21ClN2O5. The molecule has 0 fully saturated rings. The van der Waals surface area contributed by atoms with Crippen molar-refractivity contribution in [2.75, 3.05) is 13.7 Å². The van der Waals surface area contributed by atoms with Gasteiger partial charge in [-0.1, -0.05) is 11.6 Å². The molecular weight excluding hydrogens is 372 g/mol. The molecule has 0 radical (unpaired) electrons. The SMILES string of the molecule is COC(=O)c1cc(CNC(=O)CCCNC(=O)c2ccc(Cl)cc2)oc1C. The van der Waals surface area contributed by atoms with Crippen molar-refractivity contribution < 1.29 is 23.5 Å². The number of hydrogen-bond donors (Lipinski definition) is 2. The first kappa shape index (κ1) is 20.5. The van der Waals surface area contributed by atoms with Gasteiger partial charge in [-0.3, -0.25) is 9.59 Å². The monoisotopic (exact) mass is 392 g/mol. The molecule has 2 rings (SSSR count). The van der Waals surface area contributed by atoms with Gasteiger partial charge in [-0.15, -0.1) is 0 Å². The van der Waals surface area contributed by atoms with E-state index < -0.39 is 5.97 Å². The standard InChI is InChI=1S/C19H21ClN2O5/c1-12-16(19(25)26-2)10-15(27-12)11-22-17(23)4-3-9-21-18(24)13-5-7-14(20)8-6-13/h5-8,10H,3-4,9,11H2,1-2H3,(H,21,24)(H,22,23). The number of methoxy groups -OCH3 is 1. The lowest BCUT2D eigenvalue weighted by Crippen LogP contribution is -2.27. The van der Waals surface area contributed by atoms with Crippen molar-refractivity contribution in [1.82, 2.24) is 10.6 Å². The minimum atomic E-state index is -0.481. The Morgan fingerprint density at radius 2 is 1.85 bits per heavy atom. The molecule has 0 bridgehead atoms. The van der Waals surface area contributed by atoms with Crippen LogP contribution in [0.15, 0.2) is 34.7 Å². The molecule has 1 aromatic carbocycles. The molecule has 0 spiro atoms. The Balaban J connectivity index is 1.68. The largest absolute Gasteiger partial charge is 0.465 e. The van der Waals surface area contributed by atoms with Gasteiger partial charge in [-0.25, -0.2) is 4.79 Å². The number of benzene rings is 1. The Hall–Kier alpha value is -2.80. The molecule has 2 N–H and O–H groups in total. The zero-order valence-electron chi connectivity index (χ0n) is 15.1. The normalized spacial score (nSPS) is 10.3. The van der Waals surface area contributed by atoms with Gasteiger partial charge < -0.3 is 19.8 Å². The highest BCUT2D eigenvalue weighted by atomic mass is 35.5. The summed E-state index contributed by atoms with van der Waals surface area (Å²) < 4.78 is 10.1. The van der Waals surface area contributed by atoms with E-state index in [1.54, 1.807) is 37.3 Å². The second kappa shape index (κ2) is 9.78. The number of nitrogens with one attached hydrogen (secondary N) is 2. The topological polar surface area (TPSA) is 97.6 Å². The van der Waals surface area contributed by atoms with Crippen molar-refractivity contribution in [3.63, 3.8) is 0 Å². The molecule has 2 amide bonds. The molecule has 0 saturated heterocycles. The van der Waals surface area contributed by atoms with Crippen LogP contribution in [0.5, 0.6) is 0 Å². The summed E-state index contributed by atoms with van der Waals surface area (Å²) in [6.07, 6.45) is 0.750. The van der Waals surface area contributed by atoms with Gasteiger partial charge in [-0.05, 0) is 43.7 Å². The number of aryl methyl sites for hydroxylation is 1. The number of esters is 1. The highest BCUT2D eigenvalue weighted by molar-refractivity contribution is 6.30. The fourth-order valence-electron chi connectivity index (χ4n) is 2.37. The van der Waals surface area contributed by atoms with Crippen molar-refractivity contribution in [1.29, 1.82) is 0 Å². The fraction of sp³-hybridized carbons (Fsp3) is 0.316. The van der Waals surface area contributed by atoms with Crippen molar-refractivity contribution in [3.05, 3.63) is 58.0 Å². The quantitative estimate of drug-likeness (QED) is 0.531. The number of hydrogen-bond acceptors (Lipinski definition) is 5. The molecule has 0 unspecified atom stereocenters. The van der Waals surface area contributed by atoms with Crippen LogP contribution in [0, 0.1) is 6.92 Å². The maximum atomic E-state index is 11.9. The number of halogens is 1. The van der Waals surface area contributed by atoms with E-state index in [2.05, 4.69) is 15.4 Å². The van der Waals surface area contributed by atoms with Gasteiger partial charge in [0.1, 0.15) is 17.1 Å². The van der Waals surface area contributed by atoms with E-state index in [9.17, 15) is 14.4 Å². The summed E-state index contributed by atoms with van der Waals surface area (Å²) in [5, 5.41) is 6.02. The number of ether oxygens (including phenoxy) is 1. The molecule has 2 aromatic rings. The smallest absolute Gasteiger partial charge is 0.341 e. The summed E-state index contributed by atoms with van der Waals surface area (Å²) in [5.74, 6) is 0.0384. The number of carbonyl (C=O) groups is 3. The first-order valence-corrected chi connectivity index (χ1v) is 8.76. The van der Waals surface area contributed by atoms with Crippen LogP contribution in [0.25, 0.3) is 0 Å². The lowest BCUT2D eigenvalue weighted by atomic mass is 10.2. The van der Waals surface area contributed by atoms with Crippen LogP contribution in [-0.4, -0.2) is 31.4 Å². The molecule has 8 heteroatoms. The minimum Gasteiger partial charge on any atom is -0.465 e. The van der Waals surface area contributed by atoms with Gasteiger partial charge in [0.15, 0.2) is 0 Å². The number of carbonyl (C=O) groups excluding carboxylic acids is 3. The third-order valence-electron chi connectivity index (χ3n) is 3.81. The van der Waals surface area contributed by atoms with Crippen LogP contribution in [0.4, 0.5) is 0 Å². The molecule has 144 valence electrons. The number of furan rings is 1. The third kappa shape index (κ3) is 6.14. The summed E-state index contributed by atoms with van der Waals surface area (Å²) in [4.78, 5) is 35.3. The zero-order chi connectivity index (χ0) is 19.8. The van der Waals surface area contributed by atoms with Gasteiger partial charge in [-0.2, -0.15) is 0 Å². The number of amides is 2. The minimum absolute atomic E-state index is 0.174. The first-order chi connectivity index (χ1) is 12.9. The Labute approximate surface area is 162 Å². The Bertz CT molecular complexity index is 814. The van der Waals surface area contributed by atoms with E-state index in [1.807, 2.05) is 0 Å². The third-order valence-corrected chi connectivity index (χ3v) is 4.06. The van der Waals surface area contributed by atoms with E-state index in [-0.39, 0.29) is 24.8 Å². The predicted molar refractivity (Wildman–Crippen MR) is 99.7 cm³/mol. The molecule has 0 atom stereocenters. The number of rotatable bonds is 8. The lowest BCUT2D eigenvalue weighted by Gasteiger charge is -2.06. The second-order valence-electron chi connectivity index (χ2n) is 5.82. The maximum absolute atomic E-state index is 11.9. The molecule has 7 nitrogen and oxygen atoms in total. The molecule has 1 heterocycles. The fourth-order valence-corrected chi connectivity index (χ4v) is 2.50. The van der Waals surface area contributed by atoms with Gasteiger partial charge in [0.2, 0.25) is 5.91 Å². The van der Waals surface area contributed by atoms with Gasteiger partial charge in [0.25, 0.3) is 5.91 Å². The van der Waals surface area contributed by atoms with E-state index in [0.29, 0.717) is 40.6 Å². The summed E-state index contributed by atoms with van der Waals surface area (Å²) >= 11 is 5.78. The predicted octanol–water partition coefficient (Wildman–Crippen LogP) is 2.85. The molecule has 1 aromatic heterocycles. The molecule has 0 aliphatic carbocycles. The molecule has 0 saturated carbocycles. The van der Waals surface area contributed by atoms with Crippen molar-refractivity contribution in [2.24, 2.45) is 0 Å². The molecule has 27 heavy (non-hydrogen) atoms. The Morgan fingerprint density at radius 3 is 2.52 bits per heavy atom. The van der Waals surface area contributed by atoms with Gasteiger partial charge >= 0.3 is 5.97 Å². The Kier molecular flexibility index (Phi) is 7.43. The highest BCUT2D eigenvalue weighted by Crippen LogP contribution is 2.15. The zero-order valence-corrected chi connectivity index (χ0v) is 15.9. The highest BCUT2D eigenvalue weighted by Gasteiger charge is 2.15. The van der Waals surface area contributed by atoms with Crippen LogP contribution >= 0.6 is 11.6 Å². The summed E-state index contributed by atoms with van der Waals surface area (Å²) in [5.41, 5.74) is 0.852. The van der Waals surface area contributed by atoms with Crippen LogP contribution in [0.3, 0.4) is 0 Å². The Morgan fingerprint density at radius 1 is 1.15 bits per heavy atom. The van der Waals surface area contributed by atoms with Crippen LogP contribution in [0.2, 0.25) is 5.02 Å². The van der Waals surface area contributed by atoms with Crippen LogP contribution in [-0.2, 0) is 16.1 Å². The summed E-state index contributed by atoms with van der Waals surface area (Å²) in [6, 6.07) is 8.11. The average Bonchev–Trinajstić information content (AvgIpc) is 3.04. The second-order valence-corrected chi connectivity index (χ2v) is 6.25. The van der Waals surface area contributed by atoms with Gasteiger partial charge in [0, 0.05) is 23.6 Å². The lowest BCUT2D eigenvalue weighted by molar-refractivity contribution is -0.121. The molecule has 0 aliphatic rings. The summed E-state index contributed by atoms with van der Waals surface area (Å²) in [7, 11) is 1.29.